The van der Waals surface area contributed by atoms with Crippen LogP contribution in [0, 0.1) is 5.92 Å². The molecule has 0 atom stereocenters. The summed E-state index contributed by atoms with van der Waals surface area (Å²) in [5, 5.41) is 4.63. The van der Waals surface area contributed by atoms with Crippen LogP contribution in [-0.2, 0) is 11.3 Å². The van der Waals surface area contributed by atoms with Crippen LogP contribution in [0.5, 0.6) is 0 Å². The van der Waals surface area contributed by atoms with Crippen molar-refractivity contribution in [2.75, 3.05) is 18.0 Å². The first-order valence-electron chi connectivity index (χ1n) is 10.00. The number of carbonyl (C=O) groups is 1. The van der Waals surface area contributed by atoms with Crippen molar-refractivity contribution in [2.45, 2.75) is 29.3 Å². The molecule has 3 aromatic rings. The number of carbonyl (C=O) groups excluding carboxylic acids is 1. The number of benzene rings is 2. The number of halogens is 1. The fraction of sp³-hybridized carbons (Fsp3) is 0.261. The van der Waals surface area contributed by atoms with E-state index in [0.717, 1.165) is 47.2 Å². The SMILES string of the molecule is O=C(NCc1cccc(Cl)c1)C1CCN(c2nccnc2Sc2ccccc2)CC1. The van der Waals surface area contributed by atoms with Crippen LogP contribution in [0.1, 0.15) is 18.4 Å². The summed E-state index contributed by atoms with van der Waals surface area (Å²) in [7, 11) is 0. The molecule has 1 saturated heterocycles. The second-order valence-corrected chi connectivity index (χ2v) is 8.71. The van der Waals surface area contributed by atoms with Crippen molar-refractivity contribution in [2.24, 2.45) is 5.92 Å². The Balaban J connectivity index is 1.34. The molecule has 1 aliphatic rings. The lowest BCUT2D eigenvalue weighted by atomic mass is 9.96. The van der Waals surface area contributed by atoms with Crippen LogP contribution in [0.3, 0.4) is 0 Å². The van der Waals surface area contributed by atoms with E-state index in [1.807, 2.05) is 42.5 Å². The molecule has 0 bridgehead atoms. The number of nitrogens with zero attached hydrogens (tertiary/aromatic N) is 3. The van der Waals surface area contributed by atoms with Gasteiger partial charge in [-0.05, 0) is 42.7 Å². The van der Waals surface area contributed by atoms with E-state index >= 15 is 0 Å². The smallest absolute Gasteiger partial charge is 0.223 e. The van der Waals surface area contributed by atoms with Gasteiger partial charge in [0.05, 0.1) is 0 Å². The monoisotopic (exact) mass is 438 g/mol. The van der Waals surface area contributed by atoms with Crippen molar-refractivity contribution in [3.05, 3.63) is 77.6 Å². The Bertz CT molecular complexity index is 993. The van der Waals surface area contributed by atoms with Gasteiger partial charge in [-0.25, -0.2) is 9.97 Å². The maximum Gasteiger partial charge on any atom is 0.223 e. The van der Waals surface area contributed by atoms with Crippen molar-refractivity contribution in [3.8, 4) is 0 Å². The summed E-state index contributed by atoms with van der Waals surface area (Å²) in [6.45, 7) is 2.08. The van der Waals surface area contributed by atoms with E-state index in [1.54, 1.807) is 24.2 Å². The number of aromatic nitrogens is 2. The number of hydrogen-bond acceptors (Lipinski definition) is 5. The molecule has 1 aromatic heterocycles. The molecular formula is C23H23ClN4OS. The van der Waals surface area contributed by atoms with E-state index < -0.39 is 0 Å². The van der Waals surface area contributed by atoms with Gasteiger partial charge in [0.15, 0.2) is 5.82 Å². The number of amides is 1. The van der Waals surface area contributed by atoms with Gasteiger partial charge in [-0.3, -0.25) is 4.79 Å². The molecule has 1 N–H and O–H groups in total. The molecule has 7 heteroatoms. The lowest BCUT2D eigenvalue weighted by Crippen LogP contribution is -2.41. The van der Waals surface area contributed by atoms with Crippen molar-refractivity contribution in [1.82, 2.24) is 15.3 Å². The standard InChI is InChI=1S/C23H23ClN4OS/c24-19-6-4-5-17(15-19)16-27-22(29)18-9-13-28(14-10-18)21-23(26-12-11-25-21)30-20-7-2-1-3-8-20/h1-8,11-12,15,18H,9-10,13-14,16H2,(H,27,29). The summed E-state index contributed by atoms with van der Waals surface area (Å²) < 4.78 is 0. The predicted octanol–water partition coefficient (Wildman–Crippen LogP) is 4.81. The lowest BCUT2D eigenvalue weighted by Gasteiger charge is -2.32. The van der Waals surface area contributed by atoms with Gasteiger partial charge < -0.3 is 10.2 Å². The van der Waals surface area contributed by atoms with Crippen LogP contribution < -0.4 is 10.2 Å². The highest BCUT2D eigenvalue weighted by atomic mass is 35.5. The molecule has 4 rings (SSSR count). The Morgan fingerprint density at radius 2 is 1.83 bits per heavy atom. The summed E-state index contributed by atoms with van der Waals surface area (Å²) in [4.78, 5) is 25.1. The van der Waals surface area contributed by atoms with Crippen LogP contribution in [0.2, 0.25) is 5.02 Å². The third kappa shape index (κ3) is 5.32. The van der Waals surface area contributed by atoms with Gasteiger partial charge in [0.1, 0.15) is 5.03 Å². The number of nitrogens with one attached hydrogen (secondary N) is 1. The zero-order chi connectivity index (χ0) is 20.8. The Labute approximate surface area is 185 Å². The quantitative estimate of drug-likeness (QED) is 0.598. The van der Waals surface area contributed by atoms with Crippen LogP contribution in [-0.4, -0.2) is 29.0 Å². The lowest BCUT2D eigenvalue weighted by molar-refractivity contribution is -0.125. The van der Waals surface area contributed by atoms with E-state index in [4.69, 9.17) is 11.6 Å². The summed E-state index contributed by atoms with van der Waals surface area (Å²) in [5.41, 5.74) is 1.01. The van der Waals surface area contributed by atoms with Gasteiger partial charge >= 0.3 is 0 Å². The number of piperidine rings is 1. The molecule has 0 spiro atoms. The van der Waals surface area contributed by atoms with Crippen molar-refractivity contribution in [3.63, 3.8) is 0 Å². The molecule has 30 heavy (non-hydrogen) atoms. The van der Waals surface area contributed by atoms with Crippen LogP contribution in [0.4, 0.5) is 5.82 Å². The molecule has 0 unspecified atom stereocenters. The average molecular weight is 439 g/mol. The summed E-state index contributed by atoms with van der Waals surface area (Å²) in [5.74, 6) is 1.01. The average Bonchev–Trinajstić information content (AvgIpc) is 2.79. The highest BCUT2D eigenvalue weighted by Gasteiger charge is 2.27. The number of rotatable bonds is 6. The fourth-order valence-electron chi connectivity index (χ4n) is 3.54. The summed E-state index contributed by atoms with van der Waals surface area (Å²) >= 11 is 7.63. The minimum Gasteiger partial charge on any atom is -0.354 e. The van der Waals surface area contributed by atoms with E-state index in [2.05, 4.69) is 32.3 Å². The summed E-state index contributed by atoms with van der Waals surface area (Å²) in [6.07, 6.45) is 5.06. The Kier molecular flexibility index (Phi) is 6.87. The van der Waals surface area contributed by atoms with Gasteiger partial charge in [0, 0.05) is 47.9 Å². The predicted molar refractivity (Wildman–Crippen MR) is 121 cm³/mol. The molecule has 1 amide bonds. The maximum atomic E-state index is 12.6. The maximum absolute atomic E-state index is 12.6. The molecule has 5 nitrogen and oxygen atoms in total. The zero-order valence-corrected chi connectivity index (χ0v) is 18.1. The van der Waals surface area contributed by atoms with Crippen molar-refractivity contribution < 1.29 is 4.79 Å². The fourth-order valence-corrected chi connectivity index (χ4v) is 4.66. The van der Waals surface area contributed by atoms with Crippen molar-refractivity contribution >= 4 is 35.1 Å². The molecule has 2 aromatic carbocycles. The van der Waals surface area contributed by atoms with Gasteiger partial charge in [-0.1, -0.05) is 53.7 Å². The summed E-state index contributed by atoms with van der Waals surface area (Å²) in [6, 6.07) is 17.8. The first-order chi connectivity index (χ1) is 14.7. The first-order valence-corrected chi connectivity index (χ1v) is 11.2. The van der Waals surface area contributed by atoms with Gasteiger partial charge in [0.25, 0.3) is 0 Å². The normalized spacial score (nSPS) is 14.5. The molecule has 0 aliphatic carbocycles. The number of hydrogen-bond donors (Lipinski definition) is 1. The topological polar surface area (TPSA) is 58.1 Å². The molecule has 1 aliphatic heterocycles. The van der Waals surface area contributed by atoms with Crippen LogP contribution >= 0.6 is 23.4 Å². The Hall–Kier alpha value is -2.57. The van der Waals surface area contributed by atoms with Crippen molar-refractivity contribution in [1.29, 1.82) is 0 Å². The zero-order valence-electron chi connectivity index (χ0n) is 16.5. The third-order valence-corrected chi connectivity index (χ3v) is 6.35. The molecule has 0 radical (unpaired) electrons. The Morgan fingerprint density at radius 1 is 1.07 bits per heavy atom. The van der Waals surface area contributed by atoms with Crippen LogP contribution in [0.25, 0.3) is 0 Å². The Morgan fingerprint density at radius 3 is 2.60 bits per heavy atom. The molecule has 1 fully saturated rings. The van der Waals surface area contributed by atoms with Gasteiger partial charge in [-0.2, -0.15) is 0 Å². The second kappa shape index (κ2) is 9.96. The van der Waals surface area contributed by atoms with E-state index in [9.17, 15) is 4.79 Å². The molecular weight excluding hydrogens is 416 g/mol. The molecule has 154 valence electrons. The largest absolute Gasteiger partial charge is 0.354 e. The van der Waals surface area contributed by atoms with Gasteiger partial charge in [-0.15, -0.1) is 0 Å². The van der Waals surface area contributed by atoms with E-state index in [1.165, 1.54) is 0 Å². The first kappa shape index (κ1) is 20.7. The van der Waals surface area contributed by atoms with E-state index in [0.29, 0.717) is 11.6 Å². The minimum absolute atomic E-state index is 0.0160. The molecule has 2 heterocycles. The second-order valence-electron chi connectivity index (χ2n) is 7.21. The van der Waals surface area contributed by atoms with Crippen LogP contribution in [0.15, 0.2) is 76.9 Å². The third-order valence-electron chi connectivity index (χ3n) is 5.13. The highest BCUT2D eigenvalue weighted by Crippen LogP contribution is 2.33. The number of anilines is 1. The highest BCUT2D eigenvalue weighted by molar-refractivity contribution is 7.99. The molecule has 0 saturated carbocycles. The van der Waals surface area contributed by atoms with Gasteiger partial charge in [0.2, 0.25) is 5.91 Å². The minimum atomic E-state index is 0.0160. The van der Waals surface area contributed by atoms with E-state index in [-0.39, 0.29) is 11.8 Å².